The first kappa shape index (κ1) is 16.5. The highest BCUT2D eigenvalue weighted by Gasteiger charge is 2.26. The molecule has 3 heteroatoms. The van der Waals surface area contributed by atoms with Crippen molar-refractivity contribution < 1.29 is 0 Å². The summed E-state index contributed by atoms with van der Waals surface area (Å²) in [6, 6.07) is 2.43. The molecule has 0 saturated carbocycles. The second kappa shape index (κ2) is 7.26. The predicted octanol–water partition coefficient (Wildman–Crippen LogP) is 3.17. The lowest BCUT2D eigenvalue weighted by Crippen LogP contribution is -2.43. The molecule has 0 aromatic heterocycles. The van der Waals surface area contributed by atoms with E-state index in [1.54, 1.807) is 0 Å². The molecule has 1 heterocycles. The van der Waals surface area contributed by atoms with Crippen LogP contribution >= 0.6 is 0 Å². The van der Waals surface area contributed by atoms with Crippen LogP contribution in [0.25, 0.3) is 0 Å². The zero-order valence-electron chi connectivity index (χ0n) is 13.3. The lowest BCUT2D eigenvalue weighted by molar-refractivity contribution is 0.129. The highest BCUT2D eigenvalue weighted by Crippen LogP contribution is 2.29. The molecule has 1 aliphatic rings. The van der Waals surface area contributed by atoms with Gasteiger partial charge in [-0.05, 0) is 70.6 Å². The van der Waals surface area contributed by atoms with Gasteiger partial charge in [0.25, 0.3) is 0 Å². The van der Waals surface area contributed by atoms with Crippen LogP contribution in [-0.4, -0.2) is 36.6 Å². The van der Waals surface area contributed by atoms with Gasteiger partial charge in [-0.1, -0.05) is 20.8 Å². The Morgan fingerprint density at radius 1 is 1.32 bits per heavy atom. The Morgan fingerprint density at radius 3 is 2.47 bits per heavy atom. The molecule has 1 aliphatic heterocycles. The van der Waals surface area contributed by atoms with Gasteiger partial charge in [0, 0.05) is 0 Å². The monoisotopic (exact) mass is 265 g/mol. The molecule has 0 radical (unpaired) electrons. The van der Waals surface area contributed by atoms with Gasteiger partial charge in [-0.25, -0.2) is 0 Å². The number of hydrogen-bond donors (Lipinski definition) is 1. The molecular formula is C16H31N3. The van der Waals surface area contributed by atoms with Gasteiger partial charge in [-0.3, -0.25) is 5.32 Å². The molecule has 3 nitrogen and oxygen atoms in total. The zero-order valence-corrected chi connectivity index (χ0v) is 13.3. The Kier molecular flexibility index (Phi) is 6.29. The molecule has 0 spiro atoms. The number of nitriles is 1. The van der Waals surface area contributed by atoms with Crippen LogP contribution in [0.1, 0.15) is 59.8 Å². The van der Waals surface area contributed by atoms with Crippen molar-refractivity contribution in [2.45, 2.75) is 65.3 Å². The number of hydrogen-bond acceptors (Lipinski definition) is 3. The lowest BCUT2D eigenvalue weighted by atomic mass is 9.82. The highest BCUT2D eigenvalue weighted by molar-refractivity contribution is 5.03. The normalized spacial score (nSPS) is 22.7. The maximum atomic E-state index is 9.29. The van der Waals surface area contributed by atoms with E-state index < -0.39 is 0 Å². The smallest absolute Gasteiger partial charge is 0.103 e. The molecule has 1 unspecified atom stereocenters. The van der Waals surface area contributed by atoms with Crippen LogP contribution in [-0.2, 0) is 0 Å². The fraction of sp³-hybridized carbons (Fsp3) is 0.938. The third kappa shape index (κ3) is 5.93. The molecule has 1 atom stereocenters. The minimum absolute atomic E-state index is 0.342. The molecular weight excluding hydrogens is 234 g/mol. The van der Waals surface area contributed by atoms with Crippen molar-refractivity contribution in [1.82, 2.24) is 10.2 Å². The quantitative estimate of drug-likeness (QED) is 0.768. The summed E-state index contributed by atoms with van der Waals surface area (Å²) < 4.78 is 0. The van der Waals surface area contributed by atoms with Gasteiger partial charge < -0.3 is 4.90 Å². The Hall–Kier alpha value is -0.590. The van der Waals surface area contributed by atoms with Crippen molar-refractivity contribution in [3.63, 3.8) is 0 Å². The molecule has 1 N–H and O–H groups in total. The third-order valence-electron chi connectivity index (χ3n) is 4.37. The van der Waals surface area contributed by atoms with Gasteiger partial charge in [0.05, 0.1) is 6.07 Å². The van der Waals surface area contributed by atoms with E-state index in [2.05, 4.69) is 37.1 Å². The van der Waals surface area contributed by atoms with E-state index in [-0.39, 0.29) is 5.54 Å². The van der Waals surface area contributed by atoms with Gasteiger partial charge >= 0.3 is 0 Å². The van der Waals surface area contributed by atoms with Gasteiger partial charge in [0.2, 0.25) is 0 Å². The number of nitrogens with one attached hydrogen (secondary N) is 1. The molecule has 0 aliphatic carbocycles. The SMILES string of the molecule is CCCNC(C)(C#N)CCCN1CCC(C)(C)CC1. The van der Waals surface area contributed by atoms with Crippen LogP contribution in [0, 0.1) is 16.7 Å². The first-order valence-corrected chi connectivity index (χ1v) is 7.79. The molecule has 0 amide bonds. The summed E-state index contributed by atoms with van der Waals surface area (Å²) in [5, 5.41) is 12.7. The van der Waals surface area contributed by atoms with E-state index in [4.69, 9.17) is 0 Å². The molecule has 0 aromatic rings. The van der Waals surface area contributed by atoms with Crippen LogP contribution in [0.15, 0.2) is 0 Å². The van der Waals surface area contributed by atoms with Gasteiger partial charge in [0.15, 0.2) is 0 Å². The molecule has 0 aromatic carbocycles. The maximum absolute atomic E-state index is 9.29. The van der Waals surface area contributed by atoms with E-state index in [0.717, 1.165) is 32.4 Å². The summed E-state index contributed by atoms with van der Waals surface area (Å²) >= 11 is 0. The molecule has 19 heavy (non-hydrogen) atoms. The van der Waals surface area contributed by atoms with E-state index >= 15 is 0 Å². The first-order valence-electron chi connectivity index (χ1n) is 7.79. The second-order valence-electron chi connectivity index (χ2n) is 6.98. The number of piperidine rings is 1. The predicted molar refractivity (Wildman–Crippen MR) is 81.0 cm³/mol. The Bertz CT molecular complexity index is 296. The standard InChI is InChI=1S/C16H31N3/c1-5-10-18-16(4,14-17)7-6-11-19-12-8-15(2,3)9-13-19/h18H,5-13H2,1-4H3. The average molecular weight is 265 g/mol. The lowest BCUT2D eigenvalue weighted by Gasteiger charge is -2.37. The van der Waals surface area contributed by atoms with E-state index in [0.29, 0.717) is 5.41 Å². The largest absolute Gasteiger partial charge is 0.303 e. The second-order valence-corrected chi connectivity index (χ2v) is 6.98. The summed E-state index contributed by atoms with van der Waals surface area (Å²) in [6.07, 6.45) is 5.75. The van der Waals surface area contributed by atoms with Crippen molar-refractivity contribution in [2.24, 2.45) is 5.41 Å². The average Bonchev–Trinajstić information content (AvgIpc) is 2.38. The number of nitrogens with zero attached hydrogens (tertiary/aromatic N) is 2. The number of rotatable bonds is 7. The highest BCUT2D eigenvalue weighted by atomic mass is 15.1. The molecule has 1 fully saturated rings. The van der Waals surface area contributed by atoms with Gasteiger partial charge in [-0.2, -0.15) is 5.26 Å². The van der Waals surface area contributed by atoms with Crippen molar-refractivity contribution in [3.05, 3.63) is 0 Å². The fourth-order valence-electron chi connectivity index (χ4n) is 2.62. The van der Waals surface area contributed by atoms with Crippen LogP contribution in [0.3, 0.4) is 0 Å². The Morgan fingerprint density at radius 2 is 1.95 bits per heavy atom. The molecule has 1 rings (SSSR count). The van der Waals surface area contributed by atoms with Crippen LogP contribution in [0.2, 0.25) is 0 Å². The van der Waals surface area contributed by atoms with Crippen LogP contribution in [0.4, 0.5) is 0 Å². The summed E-state index contributed by atoms with van der Waals surface area (Å²) in [7, 11) is 0. The zero-order chi connectivity index (χ0) is 14.4. The minimum Gasteiger partial charge on any atom is -0.303 e. The molecule has 1 saturated heterocycles. The van der Waals surface area contributed by atoms with E-state index in [9.17, 15) is 5.26 Å². The first-order chi connectivity index (χ1) is 8.91. The van der Waals surface area contributed by atoms with Crippen LogP contribution in [0.5, 0.6) is 0 Å². The topological polar surface area (TPSA) is 39.1 Å². The summed E-state index contributed by atoms with van der Waals surface area (Å²) in [5.41, 5.74) is 0.186. The minimum atomic E-state index is -0.342. The summed E-state index contributed by atoms with van der Waals surface area (Å²) in [6.45, 7) is 13.4. The summed E-state index contributed by atoms with van der Waals surface area (Å²) in [4.78, 5) is 2.56. The Labute approximate surface area is 119 Å². The Balaban J connectivity index is 2.24. The maximum Gasteiger partial charge on any atom is 0.103 e. The summed E-state index contributed by atoms with van der Waals surface area (Å²) in [5.74, 6) is 0. The van der Waals surface area contributed by atoms with Gasteiger partial charge in [-0.15, -0.1) is 0 Å². The number of likely N-dealkylation sites (tertiary alicyclic amines) is 1. The van der Waals surface area contributed by atoms with Crippen molar-refractivity contribution in [3.8, 4) is 6.07 Å². The van der Waals surface area contributed by atoms with E-state index in [1.807, 2.05) is 6.92 Å². The fourth-order valence-corrected chi connectivity index (χ4v) is 2.62. The van der Waals surface area contributed by atoms with Crippen molar-refractivity contribution >= 4 is 0 Å². The van der Waals surface area contributed by atoms with Crippen molar-refractivity contribution in [1.29, 1.82) is 5.26 Å². The molecule has 0 bridgehead atoms. The van der Waals surface area contributed by atoms with Crippen molar-refractivity contribution in [2.75, 3.05) is 26.2 Å². The third-order valence-corrected chi connectivity index (χ3v) is 4.37. The van der Waals surface area contributed by atoms with Crippen LogP contribution < -0.4 is 5.32 Å². The van der Waals surface area contributed by atoms with Gasteiger partial charge in [0.1, 0.15) is 5.54 Å². The van der Waals surface area contributed by atoms with E-state index in [1.165, 1.54) is 25.9 Å². The molecule has 110 valence electrons.